The fourth-order valence-electron chi connectivity index (χ4n) is 2.35. The third-order valence-corrected chi connectivity index (χ3v) is 4.37. The van der Waals surface area contributed by atoms with Gasteiger partial charge < -0.3 is 10.6 Å². The number of allylic oxidation sites excluding steroid dienone is 1. The van der Waals surface area contributed by atoms with Gasteiger partial charge in [0, 0.05) is 10.6 Å². The van der Waals surface area contributed by atoms with E-state index < -0.39 is 11.7 Å². The lowest BCUT2D eigenvalue weighted by Crippen LogP contribution is -2.35. The van der Waals surface area contributed by atoms with Crippen molar-refractivity contribution in [1.29, 1.82) is 5.26 Å². The zero-order valence-corrected chi connectivity index (χ0v) is 14.6. The van der Waals surface area contributed by atoms with E-state index in [4.69, 9.17) is 34.8 Å². The molecule has 1 aliphatic heterocycles. The fourth-order valence-corrected chi connectivity index (χ4v) is 3.11. The molecular formula is C17H8Cl3N3O2. The van der Waals surface area contributed by atoms with Crippen molar-refractivity contribution >= 4 is 52.2 Å². The Hall–Kier alpha value is -2.52. The van der Waals surface area contributed by atoms with Crippen LogP contribution in [0.2, 0.25) is 15.1 Å². The lowest BCUT2D eigenvalue weighted by molar-refractivity contribution is 0.0963. The van der Waals surface area contributed by atoms with Crippen molar-refractivity contribution in [2.45, 2.75) is 0 Å². The second-order valence-corrected chi connectivity index (χ2v) is 6.31. The zero-order chi connectivity index (χ0) is 18.1. The maximum atomic E-state index is 12.7. The molecule has 0 atom stereocenters. The summed E-state index contributed by atoms with van der Waals surface area (Å²) >= 11 is 17.9. The van der Waals surface area contributed by atoms with Gasteiger partial charge in [0.2, 0.25) is 5.78 Å². The molecular weight excluding hydrogens is 385 g/mol. The lowest BCUT2D eigenvalue weighted by Gasteiger charge is -2.22. The normalized spacial score (nSPS) is 14.7. The number of nitrogens with zero attached hydrogens (tertiary/aromatic N) is 1. The van der Waals surface area contributed by atoms with Crippen LogP contribution in [0.5, 0.6) is 0 Å². The molecule has 3 rings (SSSR count). The molecule has 124 valence electrons. The van der Waals surface area contributed by atoms with Crippen LogP contribution in [0, 0.1) is 11.3 Å². The summed E-state index contributed by atoms with van der Waals surface area (Å²) in [6.45, 7) is 0. The summed E-state index contributed by atoms with van der Waals surface area (Å²) in [7, 11) is 0. The molecule has 25 heavy (non-hydrogen) atoms. The molecule has 0 unspecified atom stereocenters. The largest absolute Gasteiger partial charge is 0.340 e. The van der Waals surface area contributed by atoms with E-state index in [1.54, 1.807) is 24.3 Å². The first-order chi connectivity index (χ1) is 11.9. The number of fused-ring (bicyclic) bond motifs is 1. The van der Waals surface area contributed by atoms with Gasteiger partial charge in [0.25, 0.3) is 5.91 Å². The number of hydrogen-bond donors (Lipinski definition) is 2. The van der Waals surface area contributed by atoms with Crippen molar-refractivity contribution in [2.24, 2.45) is 0 Å². The van der Waals surface area contributed by atoms with Gasteiger partial charge in [0.1, 0.15) is 17.5 Å². The number of carbonyl (C=O) groups excluding carboxylic acids is 2. The smallest absolute Gasteiger partial charge is 0.260 e. The van der Waals surface area contributed by atoms with Crippen LogP contribution in [0.3, 0.4) is 0 Å². The molecule has 2 aromatic rings. The molecule has 0 radical (unpaired) electrons. The quantitative estimate of drug-likeness (QED) is 0.450. The minimum absolute atomic E-state index is 0.0294. The SMILES string of the molecule is N#CC(C(=O)c1ccc(Cl)cc1Cl)=C1NC(=O)c2c(Cl)cccc2N1. The number of halogens is 3. The third-order valence-electron chi connectivity index (χ3n) is 3.50. The summed E-state index contributed by atoms with van der Waals surface area (Å²) in [5.41, 5.74) is 0.447. The predicted octanol–water partition coefficient (Wildman–Crippen LogP) is 4.42. The summed E-state index contributed by atoms with van der Waals surface area (Å²) < 4.78 is 0. The first kappa shape index (κ1) is 17.3. The molecule has 2 aromatic carbocycles. The Kier molecular flexibility index (Phi) is 4.69. The molecule has 0 spiro atoms. The van der Waals surface area contributed by atoms with Gasteiger partial charge in [-0.1, -0.05) is 40.9 Å². The minimum atomic E-state index is -0.641. The van der Waals surface area contributed by atoms with Crippen LogP contribution in [-0.2, 0) is 0 Å². The number of nitrogens with one attached hydrogen (secondary N) is 2. The average molecular weight is 393 g/mol. The van der Waals surface area contributed by atoms with Gasteiger partial charge in [-0.15, -0.1) is 0 Å². The molecule has 0 aliphatic carbocycles. The summed E-state index contributed by atoms with van der Waals surface area (Å²) in [5.74, 6) is -1.19. The highest BCUT2D eigenvalue weighted by Gasteiger charge is 2.27. The van der Waals surface area contributed by atoms with E-state index in [0.29, 0.717) is 10.7 Å². The Morgan fingerprint density at radius 1 is 1.04 bits per heavy atom. The molecule has 1 amide bonds. The van der Waals surface area contributed by atoms with E-state index in [0.717, 1.165) is 0 Å². The number of anilines is 1. The molecule has 8 heteroatoms. The molecule has 2 N–H and O–H groups in total. The minimum Gasteiger partial charge on any atom is -0.340 e. The molecule has 1 heterocycles. The maximum absolute atomic E-state index is 12.7. The Morgan fingerprint density at radius 2 is 1.80 bits per heavy atom. The summed E-state index contributed by atoms with van der Waals surface area (Å²) in [6, 6.07) is 10.9. The molecule has 5 nitrogen and oxygen atoms in total. The fraction of sp³-hybridized carbons (Fsp3) is 0. The van der Waals surface area contributed by atoms with Crippen LogP contribution >= 0.6 is 34.8 Å². The van der Waals surface area contributed by atoms with Gasteiger partial charge in [0.15, 0.2) is 0 Å². The van der Waals surface area contributed by atoms with Gasteiger partial charge in [-0.25, -0.2) is 0 Å². The van der Waals surface area contributed by atoms with Crippen molar-refractivity contribution in [3.63, 3.8) is 0 Å². The number of amides is 1. The standard InChI is InChI=1S/C17H8Cl3N3O2/c18-8-4-5-9(12(20)6-8)15(24)10(7-21)16-22-13-3-1-2-11(19)14(13)17(25)23-16/h1-6,22H,(H,23,25). The highest BCUT2D eigenvalue weighted by atomic mass is 35.5. The van der Waals surface area contributed by atoms with E-state index in [9.17, 15) is 14.9 Å². The molecule has 1 aliphatic rings. The molecule has 0 aromatic heterocycles. The van der Waals surface area contributed by atoms with Gasteiger partial charge in [-0.05, 0) is 30.3 Å². The second-order valence-electron chi connectivity index (χ2n) is 5.06. The number of Topliss-reactive ketones (excluding diaryl/α,β-unsaturated/α-hetero) is 1. The Balaban J connectivity index is 2.07. The Bertz CT molecular complexity index is 993. The number of nitriles is 1. The molecule has 0 saturated carbocycles. The van der Waals surface area contributed by atoms with Crippen LogP contribution in [-0.4, -0.2) is 11.7 Å². The van der Waals surface area contributed by atoms with E-state index in [2.05, 4.69) is 10.6 Å². The highest BCUT2D eigenvalue weighted by molar-refractivity contribution is 6.38. The average Bonchev–Trinajstić information content (AvgIpc) is 2.55. The maximum Gasteiger partial charge on any atom is 0.260 e. The van der Waals surface area contributed by atoms with Crippen molar-refractivity contribution in [3.8, 4) is 6.07 Å². The summed E-state index contributed by atoms with van der Waals surface area (Å²) in [6.07, 6.45) is 0. The molecule has 0 bridgehead atoms. The van der Waals surface area contributed by atoms with Crippen LogP contribution < -0.4 is 10.6 Å². The number of rotatable bonds is 2. The Morgan fingerprint density at radius 3 is 2.48 bits per heavy atom. The van der Waals surface area contributed by atoms with Crippen molar-refractivity contribution < 1.29 is 9.59 Å². The number of ketones is 1. The third kappa shape index (κ3) is 3.20. The van der Waals surface area contributed by atoms with E-state index in [-0.39, 0.29) is 32.6 Å². The van der Waals surface area contributed by atoms with Gasteiger partial charge in [-0.2, -0.15) is 5.26 Å². The van der Waals surface area contributed by atoms with Crippen molar-refractivity contribution in [3.05, 3.63) is 74.0 Å². The van der Waals surface area contributed by atoms with Crippen molar-refractivity contribution in [2.75, 3.05) is 5.32 Å². The van der Waals surface area contributed by atoms with Gasteiger partial charge >= 0.3 is 0 Å². The second kappa shape index (κ2) is 6.77. The van der Waals surface area contributed by atoms with Crippen molar-refractivity contribution in [1.82, 2.24) is 5.32 Å². The van der Waals surface area contributed by atoms with E-state index in [1.165, 1.54) is 18.2 Å². The first-order valence-electron chi connectivity index (χ1n) is 6.93. The first-order valence-corrected chi connectivity index (χ1v) is 8.06. The number of benzene rings is 2. The predicted molar refractivity (Wildman–Crippen MR) is 96.0 cm³/mol. The molecule has 0 fully saturated rings. The summed E-state index contributed by atoms with van der Waals surface area (Å²) in [4.78, 5) is 24.9. The topological polar surface area (TPSA) is 82.0 Å². The van der Waals surface area contributed by atoms with Gasteiger partial charge in [-0.3, -0.25) is 9.59 Å². The lowest BCUT2D eigenvalue weighted by atomic mass is 10.0. The Labute approximate surface area is 157 Å². The number of carbonyl (C=O) groups is 2. The van der Waals surface area contributed by atoms with Gasteiger partial charge in [0.05, 0.1) is 21.3 Å². The van der Waals surface area contributed by atoms with Crippen LogP contribution in [0.4, 0.5) is 5.69 Å². The van der Waals surface area contributed by atoms with E-state index >= 15 is 0 Å². The van der Waals surface area contributed by atoms with E-state index in [1.807, 2.05) is 0 Å². The van der Waals surface area contributed by atoms with Crippen LogP contribution in [0.1, 0.15) is 20.7 Å². The van der Waals surface area contributed by atoms with Crippen LogP contribution in [0.25, 0.3) is 0 Å². The highest BCUT2D eigenvalue weighted by Crippen LogP contribution is 2.30. The monoisotopic (exact) mass is 391 g/mol. The number of hydrogen-bond acceptors (Lipinski definition) is 4. The summed E-state index contributed by atoms with van der Waals surface area (Å²) in [5, 5.41) is 15.5. The zero-order valence-electron chi connectivity index (χ0n) is 12.4. The molecule has 0 saturated heterocycles. The van der Waals surface area contributed by atoms with Crippen LogP contribution in [0.15, 0.2) is 47.8 Å².